The summed E-state index contributed by atoms with van der Waals surface area (Å²) in [6.07, 6.45) is 0.266. The fraction of sp³-hybridized carbons (Fsp3) is 0.400. The highest BCUT2D eigenvalue weighted by Gasteiger charge is 2.18. The standard InChI is InChI=1S/C15H20N2O3S/c1-10(15(19)20-3)9-17(2)13(18)8-11-4-6-12(7-5-11)14(16)21/h4-7,10H,8-9H2,1-3H3,(H2,16,21). The number of carbonyl (C=O) groups is 2. The minimum atomic E-state index is -0.346. The lowest BCUT2D eigenvalue weighted by Crippen LogP contribution is -2.35. The number of nitrogens with two attached hydrogens (primary N) is 1. The lowest BCUT2D eigenvalue weighted by atomic mass is 10.1. The normalized spacial score (nSPS) is 11.6. The second-order valence-corrected chi connectivity index (χ2v) is 5.38. The average Bonchev–Trinajstić information content (AvgIpc) is 2.46. The highest BCUT2D eigenvalue weighted by molar-refractivity contribution is 7.80. The van der Waals surface area contributed by atoms with Gasteiger partial charge in [-0.2, -0.15) is 0 Å². The summed E-state index contributed by atoms with van der Waals surface area (Å²) in [6.45, 7) is 2.06. The minimum absolute atomic E-state index is 0.0613. The summed E-state index contributed by atoms with van der Waals surface area (Å²) >= 11 is 4.88. The molecule has 21 heavy (non-hydrogen) atoms. The zero-order valence-electron chi connectivity index (χ0n) is 12.5. The topological polar surface area (TPSA) is 72.6 Å². The third-order valence-corrected chi connectivity index (χ3v) is 3.41. The lowest BCUT2D eigenvalue weighted by Gasteiger charge is -2.20. The van der Waals surface area contributed by atoms with Crippen LogP contribution in [0.3, 0.4) is 0 Å². The molecule has 1 aromatic carbocycles. The summed E-state index contributed by atoms with van der Waals surface area (Å²) < 4.78 is 4.65. The average molecular weight is 308 g/mol. The number of benzene rings is 1. The molecule has 6 heteroatoms. The summed E-state index contributed by atoms with van der Waals surface area (Å²) in [6, 6.07) is 7.23. The van der Waals surface area contributed by atoms with Crippen LogP contribution >= 0.6 is 12.2 Å². The molecule has 0 saturated heterocycles. The Hall–Kier alpha value is -1.95. The van der Waals surface area contributed by atoms with Crippen LogP contribution < -0.4 is 5.73 Å². The van der Waals surface area contributed by atoms with Gasteiger partial charge in [0.1, 0.15) is 4.99 Å². The number of nitrogens with zero attached hydrogens (tertiary/aromatic N) is 1. The quantitative estimate of drug-likeness (QED) is 0.630. The maximum absolute atomic E-state index is 12.1. The number of methoxy groups -OCH3 is 1. The van der Waals surface area contributed by atoms with Crippen LogP contribution in [0.5, 0.6) is 0 Å². The van der Waals surface area contributed by atoms with Crippen molar-refractivity contribution in [3.05, 3.63) is 35.4 Å². The molecule has 2 N–H and O–H groups in total. The Balaban J connectivity index is 2.59. The Morgan fingerprint density at radius 1 is 1.33 bits per heavy atom. The van der Waals surface area contributed by atoms with Gasteiger partial charge in [0.25, 0.3) is 0 Å². The third kappa shape index (κ3) is 5.15. The van der Waals surface area contributed by atoms with Crippen molar-refractivity contribution in [2.75, 3.05) is 20.7 Å². The largest absolute Gasteiger partial charge is 0.469 e. The maximum atomic E-state index is 12.1. The molecule has 1 aromatic rings. The van der Waals surface area contributed by atoms with Gasteiger partial charge in [0.2, 0.25) is 5.91 Å². The lowest BCUT2D eigenvalue weighted by molar-refractivity contribution is -0.146. The van der Waals surface area contributed by atoms with E-state index in [2.05, 4.69) is 4.74 Å². The van der Waals surface area contributed by atoms with E-state index in [1.807, 2.05) is 12.1 Å². The Morgan fingerprint density at radius 3 is 2.38 bits per heavy atom. The monoisotopic (exact) mass is 308 g/mol. The smallest absolute Gasteiger partial charge is 0.310 e. The fourth-order valence-electron chi connectivity index (χ4n) is 1.88. The van der Waals surface area contributed by atoms with Crippen LogP contribution in [-0.2, 0) is 20.7 Å². The van der Waals surface area contributed by atoms with E-state index in [9.17, 15) is 9.59 Å². The van der Waals surface area contributed by atoms with Gasteiger partial charge in [-0.25, -0.2) is 0 Å². The summed E-state index contributed by atoms with van der Waals surface area (Å²) in [5.41, 5.74) is 7.17. The molecular formula is C15H20N2O3S. The van der Waals surface area contributed by atoms with E-state index in [1.54, 1.807) is 26.1 Å². The van der Waals surface area contributed by atoms with Crippen LogP contribution in [0, 0.1) is 5.92 Å². The molecule has 0 aliphatic carbocycles. The Labute approximate surface area is 130 Å². The van der Waals surface area contributed by atoms with E-state index in [0.29, 0.717) is 11.5 Å². The molecule has 0 aliphatic rings. The number of thiocarbonyl (C=S) groups is 1. The number of hydrogen-bond donors (Lipinski definition) is 1. The third-order valence-electron chi connectivity index (χ3n) is 3.17. The number of carbonyl (C=O) groups excluding carboxylic acids is 2. The number of rotatable bonds is 6. The molecule has 1 atom stereocenters. The van der Waals surface area contributed by atoms with Gasteiger partial charge in [-0.15, -0.1) is 0 Å². The van der Waals surface area contributed by atoms with Crippen LogP contribution in [0.15, 0.2) is 24.3 Å². The molecule has 1 unspecified atom stereocenters. The molecule has 0 heterocycles. The first kappa shape index (κ1) is 17.1. The minimum Gasteiger partial charge on any atom is -0.469 e. The zero-order valence-corrected chi connectivity index (χ0v) is 13.3. The van der Waals surface area contributed by atoms with E-state index in [-0.39, 0.29) is 24.2 Å². The first-order chi connectivity index (χ1) is 9.85. The van der Waals surface area contributed by atoms with Gasteiger partial charge < -0.3 is 15.4 Å². The SMILES string of the molecule is COC(=O)C(C)CN(C)C(=O)Cc1ccc(C(N)=S)cc1. The number of amides is 1. The van der Waals surface area contributed by atoms with E-state index in [0.717, 1.165) is 11.1 Å². The van der Waals surface area contributed by atoms with Crippen molar-refractivity contribution >= 4 is 29.1 Å². The first-order valence-corrected chi connectivity index (χ1v) is 6.96. The van der Waals surface area contributed by atoms with Crippen LogP contribution in [-0.4, -0.2) is 42.5 Å². The number of ether oxygens (including phenoxy) is 1. The molecule has 0 radical (unpaired) electrons. The fourth-order valence-corrected chi connectivity index (χ4v) is 2.02. The summed E-state index contributed by atoms with van der Waals surface area (Å²) in [4.78, 5) is 25.3. The van der Waals surface area contributed by atoms with Gasteiger partial charge >= 0.3 is 5.97 Å². The van der Waals surface area contributed by atoms with Gasteiger partial charge in [0, 0.05) is 19.2 Å². The zero-order chi connectivity index (χ0) is 16.0. The molecule has 1 rings (SSSR count). The summed E-state index contributed by atoms with van der Waals surface area (Å²) in [5, 5.41) is 0. The second kappa shape index (κ2) is 7.73. The van der Waals surface area contributed by atoms with Crippen molar-refractivity contribution in [1.29, 1.82) is 0 Å². The van der Waals surface area contributed by atoms with Crippen molar-refractivity contribution in [2.24, 2.45) is 11.7 Å². The van der Waals surface area contributed by atoms with Crippen molar-refractivity contribution in [3.8, 4) is 0 Å². The second-order valence-electron chi connectivity index (χ2n) is 4.94. The number of likely N-dealkylation sites (N-methyl/N-ethyl adjacent to an activating group) is 1. The highest BCUT2D eigenvalue weighted by atomic mass is 32.1. The predicted octanol–water partition coefficient (Wildman–Crippen LogP) is 1.13. The molecule has 0 aliphatic heterocycles. The summed E-state index contributed by atoms with van der Waals surface area (Å²) in [7, 11) is 3.01. The molecule has 0 saturated carbocycles. The molecule has 5 nitrogen and oxygen atoms in total. The number of hydrogen-bond acceptors (Lipinski definition) is 4. The maximum Gasteiger partial charge on any atom is 0.310 e. The molecule has 114 valence electrons. The van der Waals surface area contributed by atoms with Crippen molar-refractivity contribution in [1.82, 2.24) is 4.90 Å². The Morgan fingerprint density at radius 2 is 1.90 bits per heavy atom. The van der Waals surface area contributed by atoms with Crippen molar-refractivity contribution in [2.45, 2.75) is 13.3 Å². The molecule has 0 spiro atoms. The molecule has 0 aromatic heterocycles. The highest BCUT2D eigenvalue weighted by Crippen LogP contribution is 2.08. The van der Waals surface area contributed by atoms with Gasteiger partial charge in [0.15, 0.2) is 0 Å². The number of esters is 1. The summed E-state index contributed by atoms with van der Waals surface area (Å²) in [5.74, 6) is -0.731. The van der Waals surface area contributed by atoms with Crippen LogP contribution in [0.2, 0.25) is 0 Å². The predicted molar refractivity (Wildman–Crippen MR) is 84.9 cm³/mol. The molecule has 0 fully saturated rings. The van der Waals surface area contributed by atoms with Gasteiger partial charge in [-0.3, -0.25) is 9.59 Å². The van der Waals surface area contributed by atoms with E-state index >= 15 is 0 Å². The molecule has 1 amide bonds. The molecular weight excluding hydrogens is 288 g/mol. The van der Waals surface area contributed by atoms with Crippen molar-refractivity contribution < 1.29 is 14.3 Å². The molecule has 0 bridgehead atoms. The van der Waals surface area contributed by atoms with Gasteiger partial charge in [-0.05, 0) is 5.56 Å². The van der Waals surface area contributed by atoms with Crippen LogP contribution in [0.1, 0.15) is 18.1 Å². The first-order valence-electron chi connectivity index (χ1n) is 6.55. The van der Waals surface area contributed by atoms with E-state index < -0.39 is 0 Å². The van der Waals surface area contributed by atoms with Crippen LogP contribution in [0.25, 0.3) is 0 Å². The Kier molecular flexibility index (Phi) is 6.30. The van der Waals surface area contributed by atoms with E-state index in [4.69, 9.17) is 18.0 Å². The van der Waals surface area contributed by atoms with E-state index in [1.165, 1.54) is 12.0 Å². The Bertz CT molecular complexity index is 528. The van der Waals surface area contributed by atoms with Crippen molar-refractivity contribution in [3.63, 3.8) is 0 Å². The van der Waals surface area contributed by atoms with Gasteiger partial charge in [-0.1, -0.05) is 43.4 Å². The van der Waals surface area contributed by atoms with Crippen LogP contribution in [0.4, 0.5) is 0 Å². The van der Waals surface area contributed by atoms with Gasteiger partial charge in [0.05, 0.1) is 19.4 Å².